The summed E-state index contributed by atoms with van der Waals surface area (Å²) in [4.78, 5) is 28.3. The quantitative estimate of drug-likeness (QED) is 0.284. The maximum atomic E-state index is 13.5. The second kappa shape index (κ2) is 12.3. The van der Waals surface area contributed by atoms with Crippen molar-refractivity contribution in [3.63, 3.8) is 0 Å². The number of fused-ring (bicyclic) bond motifs is 5. The number of rotatable bonds is 11. The summed E-state index contributed by atoms with van der Waals surface area (Å²) in [6.07, 6.45) is 16.7. The number of hydrogen-bond acceptors (Lipinski definition) is 3. The van der Waals surface area contributed by atoms with E-state index in [2.05, 4.69) is 32.9 Å². The zero-order valence-electron chi connectivity index (χ0n) is 25.6. The first-order valence-corrected chi connectivity index (χ1v) is 16.8. The SMILES string of the molecule is CCCCCCCCC(=O)N(Cc1ccccc1)C[C@@]1(O)CC[C@@]2(C)[C@@H](CC[C@@H]3[C@@H]2CC[C@]2(C)C(=O)CC[C@@H]32)C1. The van der Waals surface area contributed by atoms with E-state index in [4.69, 9.17) is 0 Å². The Morgan fingerprint density at radius 1 is 0.925 bits per heavy atom. The van der Waals surface area contributed by atoms with E-state index in [1.807, 2.05) is 23.1 Å². The molecular formula is C36H55NO3. The lowest BCUT2D eigenvalue weighted by atomic mass is 9.44. The Labute approximate surface area is 243 Å². The molecule has 1 N–H and O–H groups in total. The van der Waals surface area contributed by atoms with Crippen LogP contribution in [-0.4, -0.2) is 33.8 Å². The fourth-order valence-corrected chi connectivity index (χ4v) is 9.84. The molecule has 0 aromatic heterocycles. The zero-order chi connectivity index (χ0) is 28.4. The van der Waals surface area contributed by atoms with Gasteiger partial charge in [-0.25, -0.2) is 0 Å². The number of nitrogens with zero attached hydrogens (tertiary/aromatic N) is 1. The van der Waals surface area contributed by atoms with Crippen LogP contribution in [0.1, 0.15) is 129 Å². The predicted octanol–water partition coefficient (Wildman–Crippen LogP) is 8.11. The lowest BCUT2D eigenvalue weighted by Gasteiger charge is -2.61. The molecule has 40 heavy (non-hydrogen) atoms. The summed E-state index contributed by atoms with van der Waals surface area (Å²) in [7, 11) is 0. The number of Topliss-reactive ketones (excluding diaryl/α,β-unsaturated/α-hetero) is 1. The third-order valence-electron chi connectivity index (χ3n) is 12.3. The molecule has 0 spiro atoms. The van der Waals surface area contributed by atoms with Crippen LogP contribution in [0.2, 0.25) is 0 Å². The second-order valence-electron chi connectivity index (χ2n) is 14.8. The van der Waals surface area contributed by atoms with Crippen molar-refractivity contribution in [3.05, 3.63) is 35.9 Å². The van der Waals surface area contributed by atoms with Gasteiger partial charge in [0.1, 0.15) is 5.78 Å². The van der Waals surface area contributed by atoms with Gasteiger partial charge in [0, 0.05) is 31.3 Å². The Morgan fingerprint density at radius 3 is 2.45 bits per heavy atom. The van der Waals surface area contributed by atoms with Crippen LogP contribution >= 0.6 is 0 Å². The Kier molecular flexibility index (Phi) is 9.15. The molecule has 1 amide bonds. The van der Waals surface area contributed by atoms with Crippen molar-refractivity contribution in [3.8, 4) is 0 Å². The molecule has 4 fully saturated rings. The number of carbonyl (C=O) groups excluding carboxylic acids is 2. The van der Waals surface area contributed by atoms with E-state index >= 15 is 0 Å². The van der Waals surface area contributed by atoms with E-state index in [9.17, 15) is 14.7 Å². The maximum Gasteiger partial charge on any atom is 0.222 e. The van der Waals surface area contributed by atoms with Crippen LogP contribution in [0.5, 0.6) is 0 Å². The van der Waals surface area contributed by atoms with Crippen molar-refractivity contribution < 1.29 is 14.7 Å². The molecule has 4 aliphatic carbocycles. The van der Waals surface area contributed by atoms with Gasteiger partial charge in [-0.05, 0) is 92.4 Å². The molecule has 4 aliphatic rings. The van der Waals surface area contributed by atoms with E-state index < -0.39 is 5.60 Å². The first-order valence-electron chi connectivity index (χ1n) is 16.8. The number of benzene rings is 1. The van der Waals surface area contributed by atoms with Gasteiger partial charge in [0.05, 0.1) is 5.60 Å². The highest BCUT2D eigenvalue weighted by Gasteiger charge is 2.61. The molecule has 0 bridgehead atoms. The maximum absolute atomic E-state index is 13.5. The Balaban J connectivity index is 1.25. The monoisotopic (exact) mass is 549 g/mol. The molecule has 0 radical (unpaired) electrons. The number of unbranched alkanes of at least 4 members (excludes halogenated alkanes) is 5. The summed E-state index contributed by atoms with van der Waals surface area (Å²) >= 11 is 0. The third-order valence-corrected chi connectivity index (χ3v) is 12.3. The van der Waals surface area contributed by atoms with Crippen molar-refractivity contribution in [1.29, 1.82) is 0 Å². The molecule has 0 saturated heterocycles. The number of carbonyl (C=O) groups is 2. The van der Waals surface area contributed by atoms with Crippen molar-refractivity contribution in [1.82, 2.24) is 4.90 Å². The minimum atomic E-state index is -0.810. The molecular weight excluding hydrogens is 494 g/mol. The van der Waals surface area contributed by atoms with E-state index in [0.29, 0.717) is 49.0 Å². The summed E-state index contributed by atoms with van der Waals surface area (Å²) < 4.78 is 0. The first-order chi connectivity index (χ1) is 19.2. The number of ketones is 1. The van der Waals surface area contributed by atoms with Gasteiger partial charge in [-0.3, -0.25) is 9.59 Å². The summed E-state index contributed by atoms with van der Waals surface area (Å²) in [5.74, 6) is 3.13. The van der Waals surface area contributed by atoms with Crippen molar-refractivity contribution in [2.45, 2.75) is 136 Å². The minimum Gasteiger partial charge on any atom is -0.388 e. The van der Waals surface area contributed by atoms with Crippen LogP contribution in [0, 0.1) is 34.5 Å². The summed E-state index contributed by atoms with van der Waals surface area (Å²) in [6.45, 7) is 8.04. The molecule has 4 saturated carbocycles. The molecule has 7 atom stereocenters. The van der Waals surface area contributed by atoms with Gasteiger partial charge in [0.25, 0.3) is 0 Å². The molecule has 1 aromatic carbocycles. The van der Waals surface area contributed by atoms with Crippen LogP contribution in [0.4, 0.5) is 0 Å². The van der Waals surface area contributed by atoms with Crippen molar-refractivity contribution in [2.75, 3.05) is 6.54 Å². The number of hydrogen-bond donors (Lipinski definition) is 1. The highest BCUT2D eigenvalue weighted by Crippen LogP contribution is 2.66. The van der Waals surface area contributed by atoms with E-state index in [0.717, 1.165) is 63.4 Å². The van der Waals surface area contributed by atoms with Gasteiger partial charge in [0.15, 0.2) is 0 Å². The average molecular weight is 550 g/mol. The second-order valence-corrected chi connectivity index (χ2v) is 14.8. The largest absolute Gasteiger partial charge is 0.388 e. The topological polar surface area (TPSA) is 57.6 Å². The predicted molar refractivity (Wildman–Crippen MR) is 162 cm³/mol. The van der Waals surface area contributed by atoms with Gasteiger partial charge in [-0.1, -0.05) is 83.2 Å². The van der Waals surface area contributed by atoms with Crippen LogP contribution in [0.3, 0.4) is 0 Å². The molecule has 4 heteroatoms. The molecule has 0 heterocycles. The fraction of sp³-hybridized carbons (Fsp3) is 0.778. The first kappa shape index (κ1) is 29.8. The summed E-state index contributed by atoms with van der Waals surface area (Å²) in [6, 6.07) is 10.3. The highest BCUT2D eigenvalue weighted by atomic mass is 16.3. The molecule has 0 aliphatic heterocycles. The van der Waals surface area contributed by atoms with Crippen LogP contribution in [-0.2, 0) is 16.1 Å². The summed E-state index contributed by atoms with van der Waals surface area (Å²) in [5, 5.41) is 12.1. The summed E-state index contributed by atoms with van der Waals surface area (Å²) in [5.41, 5.74) is 0.498. The lowest BCUT2D eigenvalue weighted by Crippen LogP contribution is -2.58. The van der Waals surface area contributed by atoms with Crippen LogP contribution in [0.15, 0.2) is 30.3 Å². The van der Waals surface area contributed by atoms with Crippen LogP contribution in [0.25, 0.3) is 0 Å². The lowest BCUT2D eigenvalue weighted by molar-refractivity contribution is -0.161. The van der Waals surface area contributed by atoms with Gasteiger partial charge in [0.2, 0.25) is 5.91 Å². The normalized spacial score (nSPS) is 37.0. The molecule has 1 aromatic rings. The Morgan fingerprint density at radius 2 is 1.68 bits per heavy atom. The van der Waals surface area contributed by atoms with Gasteiger partial charge < -0.3 is 10.0 Å². The molecule has 0 unspecified atom stereocenters. The Bertz CT molecular complexity index is 1020. The molecule has 4 nitrogen and oxygen atoms in total. The minimum absolute atomic E-state index is 0.0753. The Hall–Kier alpha value is -1.68. The van der Waals surface area contributed by atoms with Gasteiger partial charge in [-0.15, -0.1) is 0 Å². The van der Waals surface area contributed by atoms with Crippen LogP contribution < -0.4 is 0 Å². The number of amides is 1. The molecule has 222 valence electrons. The average Bonchev–Trinajstić information content (AvgIpc) is 3.25. The van der Waals surface area contributed by atoms with Crippen molar-refractivity contribution in [2.24, 2.45) is 34.5 Å². The number of aliphatic hydroxyl groups is 1. The fourth-order valence-electron chi connectivity index (χ4n) is 9.84. The molecule has 5 rings (SSSR count). The standard InChI is InChI=1S/C36H55NO3/c1-4-5-6-7-8-12-15-33(39)37(25-27-13-10-9-11-14-27)26-36(40)23-22-34(2)28(24-36)16-17-29-30-18-19-32(38)35(30,3)21-20-31(29)34/h9-11,13-14,28-31,40H,4-8,12,15-26H2,1-3H3/t28-,29-,30-,31-,34-,35-,36+/m0/s1. The smallest absolute Gasteiger partial charge is 0.222 e. The van der Waals surface area contributed by atoms with E-state index in [1.165, 1.54) is 38.5 Å². The zero-order valence-corrected chi connectivity index (χ0v) is 25.6. The van der Waals surface area contributed by atoms with E-state index in [1.54, 1.807) is 0 Å². The van der Waals surface area contributed by atoms with E-state index in [-0.39, 0.29) is 16.7 Å². The van der Waals surface area contributed by atoms with Gasteiger partial charge >= 0.3 is 0 Å². The van der Waals surface area contributed by atoms with Gasteiger partial charge in [-0.2, -0.15) is 0 Å². The van der Waals surface area contributed by atoms with Crippen molar-refractivity contribution >= 4 is 11.7 Å². The third kappa shape index (κ3) is 5.94. The highest BCUT2D eigenvalue weighted by molar-refractivity contribution is 5.87.